The molecule has 0 bridgehead atoms. The van der Waals surface area contributed by atoms with E-state index in [-0.39, 0.29) is 11.9 Å². The smallest absolute Gasteiger partial charge is 0.255 e. The predicted octanol–water partition coefficient (Wildman–Crippen LogP) is 4.32. The quantitative estimate of drug-likeness (QED) is 0.584. The first kappa shape index (κ1) is 20.0. The second-order valence-electron chi connectivity index (χ2n) is 7.53. The summed E-state index contributed by atoms with van der Waals surface area (Å²) >= 11 is 0. The van der Waals surface area contributed by atoms with E-state index in [1.165, 1.54) is 0 Å². The second kappa shape index (κ2) is 8.61. The third-order valence-corrected chi connectivity index (χ3v) is 5.44. The lowest BCUT2D eigenvalue weighted by atomic mass is 10.0. The Morgan fingerprint density at radius 3 is 2.53 bits per heavy atom. The van der Waals surface area contributed by atoms with Gasteiger partial charge in [-0.15, -0.1) is 0 Å². The molecule has 3 aromatic rings. The van der Waals surface area contributed by atoms with Gasteiger partial charge in [-0.05, 0) is 48.6 Å². The third kappa shape index (κ3) is 4.17. The van der Waals surface area contributed by atoms with Gasteiger partial charge in [-0.3, -0.25) is 9.78 Å². The van der Waals surface area contributed by atoms with Crippen LogP contribution in [-0.2, 0) is 13.0 Å². The molecule has 0 aliphatic heterocycles. The molecule has 1 aromatic heterocycles. The average Bonchev–Trinajstić information content (AvgIpc) is 3.60. The third-order valence-electron chi connectivity index (χ3n) is 5.44. The Morgan fingerprint density at radius 1 is 1.13 bits per heavy atom. The number of fused-ring (bicyclic) bond motifs is 1. The molecule has 0 atom stereocenters. The number of carbonyl (C=O) groups excluding carboxylic acids is 1. The van der Waals surface area contributed by atoms with Crippen molar-refractivity contribution in [2.45, 2.75) is 38.8 Å². The Bertz CT molecular complexity index is 1060. The second-order valence-corrected chi connectivity index (χ2v) is 7.53. The van der Waals surface area contributed by atoms with Gasteiger partial charge >= 0.3 is 0 Å². The number of ether oxygens (including phenoxy) is 2. The lowest BCUT2D eigenvalue weighted by molar-refractivity contribution is 0.0951. The maximum absolute atomic E-state index is 12.9. The molecule has 156 valence electrons. The Balaban J connectivity index is 1.73. The van der Waals surface area contributed by atoms with Gasteiger partial charge in [0, 0.05) is 30.2 Å². The molecule has 1 aliphatic carbocycles. The van der Waals surface area contributed by atoms with Crippen molar-refractivity contribution in [2.75, 3.05) is 19.5 Å². The van der Waals surface area contributed by atoms with Gasteiger partial charge < -0.3 is 20.1 Å². The van der Waals surface area contributed by atoms with Crippen LogP contribution in [0.2, 0.25) is 0 Å². The number of carbonyl (C=O) groups is 1. The van der Waals surface area contributed by atoms with Crippen LogP contribution in [-0.4, -0.2) is 31.2 Å². The first-order chi connectivity index (χ1) is 14.6. The van der Waals surface area contributed by atoms with Crippen molar-refractivity contribution in [2.24, 2.45) is 0 Å². The molecule has 0 radical (unpaired) electrons. The number of aryl methyl sites for hydroxylation is 1. The minimum Gasteiger partial charge on any atom is -0.497 e. The molecule has 0 unspecified atom stereocenters. The summed E-state index contributed by atoms with van der Waals surface area (Å²) in [5.74, 6) is 1.55. The number of benzene rings is 2. The van der Waals surface area contributed by atoms with Crippen LogP contribution >= 0.6 is 0 Å². The fourth-order valence-electron chi connectivity index (χ4n) is 3.52. The highest BCUT2D eigenvalue weighted by molar-refractivity contribution is 6.07. The number of rotatable bonds is 8. The molecular formula is C24H27N3O3. The SMILES string of the molecule is CCc1cc2c(NCc3ccc(OC)cc3)c(C(=O)NC3CC3)cnc2cc1OC. The maximum Gasteiger partial charge on any atom is 0.255 e. The molecular weight excluding hydrogens is 378 g/mol. The molecule has 1 aliphatic rings. The molecule has 1 amide bonds. The van der Waals surface area contributed by atoms with Gasteiger partial charge in [0.25, 0.3) is 5.91 Å². The van der Waals surface area contributed by atoms with E-state index in [0.29, 0.717) is 12.1 Å². The van der Waals surface area contributed by atoms with Crippen LogP contribution in [0.25, 0.3) is 10.9 Å². The topological polar surface area (TPSA) is 72.5 Å². The first-order valence-electron chi connectivity index (χ1n) is 10.3. The lowest BCUT2D eigenvalue weighted by Crippen LogP contribution is -2.26. The van der Waals surface area contributed by atoms with Crippen LogP contribution in [0.5, 0.6) is 11.5 Å². The Labute approximate surface area is 176 Å². The van der Waals surface area contributed by atoms with Crippen LogP contribution in [0, 0.1) is 0 Å². The van der Waals surface area contributed by atoms with E-state index in [0.717, 1.165) is 58.5 Å². The minimum absolute atomic E-state index is 0.0852. The summed E-state index contributed by atoms with van der Waals surface area (Å²) in [6.45, 7) is 2.67. The summed E-state index contributed by atoms with van der Waals surface area (Å²) in [7, 11) is 3.32. The summed E-state index contributed by atoms with van der Waals surface area (Å²) in [4.78, 5) is 17.5. The summed E-state index contributed by atoms with van der Waals surface area (Å²) in [5, 5.41) is 7.49. The number of aromatic nitrogens is 1. The van der Waals surface area contributed by atoms with E-state index in [1.807, 2.05) is 30.3 Å². The van der Waals surface area contributed by atoms with Crippen LogP contribution in [0.4, 0.5) is 5.69 Å². The van der Waals surface area contributed by atoms with Crippen LogP contribution in [0.15, 0.2) is 42.6 Å². The number of methoxy groups -OCH3 is 2. The van der Waals surface area contributed by atoms with Crippen molar-refractivity contribution in [3.63, 3.8) is 0 Å². The monoisotopic (exact) mass is 405 g/mol. The number of amides is 1. The van der Waals surface area contributed by atoms with Crippen molar-refractivity contribution >= 4 is 22.5 Å². The molecule has 2 aromatic carbocycles. The Hall–Kier alpha value is -3.28. The number of nitrogens with zero attached hydrogens (tertiary/aromatic N) is 1. The van der Waals surface area contributed by atoms with Gasteiger partial charge in [0.15, 0.2) is 0 Å². The average molecular weight is 405 g/mol. The summed E-state index contributed by atoms with van der Waals surface area (Å²) < 4.78 is 10.8. The number of pyridine rings is 1. The summed E-state index contributed by atoms with van der Waals surface area (Å²) in [6.07, 6.45) is 4.56. The highest BCUT2D eigenvalue weighted by Gasteiger charge is 2.26. The zero-order valence-electron chi connectivity index (χ0n) is 17.6. The molecule has 0 saturated heterocycles. The molecule has 6 nitrogen and oxygen atoms in total. The first-order valence-corrected chi connectivity index (χ1v) is 10.3. The Kier molecular flexibility index (Phi) is 5.74. The van der Waals surface area contributed by atoms with Crippen molar-refractivity contribution < 1.29 is 14.3 Å². The van der Waals surface area contributed by atoms with Crippen LogP contribution < -0.4 is 20.1 Å². The van der Waals surface area contributed by atoms with Gasteiger partial charge in [0.05, 0.1) is 31.0 Å². The maximum atomic E-state index is 12.9. The summed E-state index contributed by atoms with van der Waals surface area (Å²) in [5.41, 5.74) is 4.34. The highest BCUT2D eigenvalue weighted by Crippen LogP contribution is 2.33. The zero-order valence-corrected chi connectivity index (χ0v) is 17.6. The van der Waals surface area contributed by atoms with Crippen molar-refractivity contribution in [3.05, 3.63) is 59.3 Å². The van der Waals surface area contributed by atoms with E-state index in [9.17, 15) is 4.79 Å². The molecule has 6 heteroatoms. The molecule has 4 rings (SSSR count). The van der Waals surface area contributed by atoms with Gasteiger partial charge in [-0.25, -0.2) is 0 Å². The molecule has 30 heavy (non-hydrogen) atoms. The van der Waals surface area contributed by atoms with E-state index in [2.05, 4.69) is 28.6 Å². The van der Waals surface area contributed by atoms with E-state index in [1.54, 1.807) is 20.4 Å². The molecule has 0 spiro atoms. The van der Waals surface area contributed by atoms with Crippen molar-refractivity contribution in [1.29, 1.82) is 0 Å². The molecule has 1 heterocycles. The molecule has 2 N–H and O–H groups in total. The van der Waals surface area contributed by atoms with Crippen molar-refractivity contribution in [1.82, 2.24) is 10.3 Å². The highest BCUT2D eigenvalue weighted by atomic mass is 16.5. The number of nitrogens with one attached hydrogen (secondary N) is 2. The van der Waals surface area contributed by atoms with E-state index in [4.69, 9.17) is 9.47 Å². The van der Waals surface area contributed by atoms with Crippen LogP contribution in [0.1, 0.15) is 41.3 Å². The zero-order chi connectivity index (χ0) is 21.1. The Morgan fingerprint density at radius 2 is 1.90 bits per heavy atom. The minimum atomic E-state index is -0.0852. The number of hydrogen-bond acceptors (Lipinski definition) is 5. The van der Waals surface area contributed by atoms with E-state index < -0.39 is 0 Å². The molecule has 1 fully saturated rings. The lowest BCUT2D eigenvalue weighted by Gasteiger charge is -2.17. The van der Waals surface area contributed by atoms with Crippen molar-refractivity contribution in [3.8, 4) is 11.5 Å². The molecule has 1 saturated carbocycles. The van der Waals surface area contributed by atoms with Gasteiger partial charge in [0.2, 0.25) is 0 Å². The van der Waals surface area contributed by atoms with Gasteiger partial charge in [-0.1, -0.05) is 19.1 Å². The normalized spacial score (nSPS) is 13.2. The van der Waals surface area contributed by atoms with Gasteiger partial charge in [-0.2, -0.15) is 0 Å². The van der Waals surface area contributed by atoms with E-state index >= 15 is 0 Å². The standard InChI is InChI=1S/C24H27N3O3/c1-4-16-11-19-21(12-22(16)30-3)25-14-20(24(28)27-17-7-8-17)23(19)26-13-15-5-9-18(29-2)10-6-15/h5-6,9-12,14,17H,4,7-8,13H2,1-3H3,(H,25,26)(H,27,28). The number of hydrogen-bond donors (Lipinski definition) is 2. The number of anilines is 1. The van der Waals surface area contributed by atoms with Crippen LogP contribution in [0.3, 0.4) is 0 Å². The largest absolute Gasteiger partial charge is 0.497 e. The fraction of sp³-hybridized carbons (Fsp3) is 0.333. The van der Waals surface area contributed by atoms with Gasteiger partial charge in [0.1, 0.15) is 11.5 Å². The predicted molar refractivity (Wildman–Crippen MR) is 118 cm³/mol. The summed E-state index contributed by atoms with van der Waals surface area (Å²) in [6, 6.07) is 12.2. The fourth-order valence-corrected chi connectivity index (χ4v) is 3.52.